The monoisotopic (exact) mass is 452 g/mol. The van der Waals surface area contributed by atoms with Crippen molar-refractivity contribution >= 4 is 27.3 Å². The van der Waals surface area contributed by atoms with Gasteiger partial charge < -0.3 is 14.8 Å². The molecule has 0 bridgehead atoms. The minimum atomic E-state index is -3.90. The highest BCUT2D eigenvalue weighted by atomic mass is 32.2. The van der Waals surface area contributed by atoms with Crippen molar-refractivity contribution in [2.24, 2.45) is 0 Å². The summed E-state index contributed by atoms with van der Waals surface area (Å²) < 4.78 is 39.2. The van der Waals surface area contributed by atoms with Gasteiger partial charge in [0.25, 0.3) is 15.9 Å². The van der Waals surface area contributed by atoms with E-state index in [1.807, 2.05) is 19.9 Å². The van der Waals surface area contributed by atoms with Crippen LogP contribution >= 0.6 is 0 Å². The molecule has 1 amide bonds. The number of ether oxygens (including phenoxy) is 2. The highest BCUT2D eigenvalue weighted by Crippen LogP contribution is 2.38. The molecular formula is C24H24N2O5S. The summed E-state index contributed by atoms with van der Waals surface area (Å²) >= 11 is 0. The zero-order valence-electron chi connectivity index (χ0n) is 18.0. The van der Waals surface area contributed by atoms with Crippen molar-refractivity contribution in [3.05, 3.63) is 77.9 Å². The number of methoxy groups -OCH3 is 1. The molecule has 0 spiro atoms. The van der Waals surface area contributed by atoms with Crippen molar-refractivity contribution in [1.82, 2.24) is 0 Å². The molecule has 1 aliphatic rings. The molecule has 1 N–H and O–H groups in total. The van der Waals surface area contributed by atoms with Crippen LogP contribution in [-0.4, -0.2) is 34.1 Å². The number of anilines is 2. The predicted octanol–water partition coefficient (Wildman–Crippen LogP) is 3.91. The first-order chi connectivity index (χ1) is 15.3. The lowest BCUT2D eigenvalue weighted by Crippen LogP contribution is -2.48. The lowest BCUT2D eigenvalue weighted by molar-refractivity contribution is -0.122. The molecular weight excluding hydrogens is 428 g/mol. The fourth-order valence-corrected chi connectivity index (χ4v) is 4.94. The van der Waals surface area contributed by atoms with Gasteiger partial charge in [-0.05, 0) is 67.9 Å². The van der Waals surface area contributed by atoms with Crippen LogP contribution in [0.1, 0.15) is 11.1 Å². The SMILES string of the molecule is COc1ccc(NC(=O)[C@@H]2CN(S(=O)(=O)c3ccc(C)cc3)c3ccc(C)cc3O2)cc1. The second kappa shape index (κ2) is 8.55. The molecule has 0 unspecified atom stereocenters. The van der Waals surface area contributed by atoms with Crippen LogP contribution in [0, 0.1) is 13.8 Å². The summed E-state index contributed by atoms with van der Waals surface area (Å²) in [6.07, 6.45) is -1.02. The van der Waals surface area contributed by atoms with Crippen molar-refractivity contribution in [1.29, 1.82) is 0 Å². The summed E-state index contributed by atoms with van der Waals surface area (Å²) in [6, 6.07) is 18.8. The van der Waals surface area contributed by atoms with Gasteiger partial charge in [-0.15, -0.1) is 0 Å². The molecule has 8 heteroatoms. The zero-order valence-corrected chi connectivity index (χ0v) is 18.8. The number of hydrogen-bond donors (Lipinski definition) is 1. The van der Waals surface area contributed by atoms with Crippen LogP contribution in [-0.2, 0) is 14.8 Å². The summed E-state index contributed by atoms with van der Waals surface area (Å²) in [5.41, 5.74) is 2.82. The molecule has 0 radical (unpaired) electrons. The van der Waals surface area contributed by atoms with Gasteiger partial charge in [0.2, 0.25) is 0 Å². The Morgan fingerprint density at radius 2 is 1.66 bits per heavy atom. The van der Waals surface area contributed by atoms with Crippen molar-refractivity contribution in [2.45, 2.75) is 24.8 Å². The van der Waals surface area contributed by atoms with Crippen molar-refractivity contribution < 1.29 is 22.7 Å². The van der Waals surface area contributed by atoms with Crippen molar-refractivity contribution in [3.63, 3.8) is 0 Å². The van der Waals surface area contributed by atoms with E-state index >= 15 is 0 Å². The molecule has 0 saturated carbocycles. The molecule has 0 fully saturated rings. The molecule has 0 aromatic heterocycles. The largest absolute Gasteiger partial charge is 0.497 e. The smallest absolute Gasteiger partial charge is 0.267 e. The highest BCUT2D eigenvalue weighted by molar-refractivity contribution is 7.92. The van der Waals surface area contributed by atoms with Crippen LogP contribution in [0.25, 0.3) is 0 Å². The first-order valence-electron chi connectivity index (χ1n) is 10.1. The Kier molecular flexibility index (Phi) is 5.80. The van der Waals surface area contributed by atoms with Gasteiger partial charge in [-0.2, -0.15) is 0 Å². The number of amides is 1. The standard InChI is InChI=1S/C24H24N2O5S/c1-16-4-11-20(12-5-16)32(28,29)26-15-23(31-22-14-17(2)6-13-21(22)26)24(27)25-18-7-9-19(30-3)10-8-18/h4-14,23H,15H2,1-3H3,(H,25,27)/t23-/m0/s1. The van der Waals surface area contributed by atoms with Crippen LogP contribution < -0.4 is 19.1 Å². The third-order valence-corrected chi connectivity index (χ3v) is 7.04. The summed E-state index contributed by atoms with van der Waals surface area (Å²) in [6.45, 7) is 3.63. The minimum absolute atomic E-state index is 0.145. The number of fused-ring (bicyclic) bond motifs is 1. The lowest BCUT2D eigenvalue weighted by atomic mass is 10.1. The fourth-order valence-electron chi connectivity index (χ4n) is 3.46. The van der Waals surface area contributed by atoms with E-state index in [4.69, 9.17) is 9.47 Å². The molecule has 4 rings (SSSR count). The number of rotatable bonds is 5. The van der Waals surface area contributed by atoms with E-state index in [1.54, 1.807) is 67.8 Å². The second-order valence-electron chi connectivity index (χ2n) is 7.64. The Labute approximate surface area is 187 Å². The molecule has 3 aromatic rings. The summed E-state index contributed by atoms with van der Waals surface area (Å²) in [5, 5.41) is 2.79. The predicted molar refractivity (Wildman–Crippen MR) is 123 cm³/mol. The third kappa shape index (κ3) is 4.27. The minimum Gasteiger partial charge on any atom is -0.497 e. The number of hydrogen-bond acceptors (Lipinski definition) is 5. The van der Waals surface area contributed by atoms with Gasteiger partial charge in [0.15, 0.2) is 6.10 Å². The second-order valence-corrected chi connectivity index (χ2v) is 9.51. The maximum atomic E-state index is 13.5. The fraction of sp³-hybridized carbons (Fsp3) is 0.208. The van der Waals surface area contributed by atoms with Crippen LogP contribution in [0.5, 0.6) is 11.5 Å². The Bertz CT molecular complexity index is 1240. The number of nitrogens with zero attached hydrogens (tertiary/aromatic N) is 1. The summed E-state index contributed by atoms with van der Waals surface area (Å²) in [4.78, 5) is 13.1. The number of nitrogens with one attached hydrogen (secondary N) is 1. The normalized spacial score (nSPS) is 15.5. The van der Waals surface area contributed by atoms with E-state index < -0.39 is 22.0 Å². The molecule has 1 heterocycles. The number of sulfonamides is 1. The van der Waals surface area contributed by atoms with Gasteiger partial charge in [-0.3, -0.25) is 9.10 Å². The van der Waals surface area contributed by atoms with E-state index in [0.29, 0.717) is 22.9 Å². The Morgan fingerprint density at radius 1 is 1.00 bits per heavy atom. The van der Waals surface area contributed by atoms with E-state index in [1.165, 1.54) is 4.31 Å². The van der Waals surface area contributed by atoms with Gasteiger partial charge >= 0.3 is 0 Å². The number of carbonyl (C=O) groups is 1. The van der Waals surface area contributed by atoms with E-state index in [2.05, 4.69) is 5.32 Å². The van der Waals surface area contributed by atoms with Gasteiger partial charge in [-0.1, -0.05) is 23.8 Å². The molecule has 1 aliphatic heterocycles. The molecule has 0 saturated heterocycles. The number of carbonyl (C=O) groups excluding carboxylic acids is 1. The first kappa shape index (κ1) is 21.7. The Balaban J connectivity index is 1.66. The highest BCUT2D eigenvalue weighted by Gasteiger charge is 2.37. The zero-order chi connectivity index (χ0) is 22.9. The molecule has 32 heavy (non-hydrogen) atoms. The van der Waals surface area contributed by atoms with E-state index in [0.717, 1.165) is 11.1 Å². The first-order valence-corrected chi connectivity index (χ1v) is 11.5. The van der Waals surface area contributed by atoms with Crippen molar-refractivity contribution in [2.75, 3.05) is 23.3 Å². The topological polar surface area (TPSA) is 84.9 Å². The van der Waals surface area contributed by atoms with Gasteiger partial charge in [0.05, 0.1) is 24.2 Å². The molecule has 1 atom stereocenters. The van der Waals surface area contributed by atoms with Crippen LogP contribution in [0.3, 0.4) is 0 Å². The molecule has 166 valence electrons. The number of aryl methyl sites for hydroxylation is 2. The maximum Gasteiger partial charge on any atom is 0.267 e. The van der Waals surface area contributed by atoms with Gasteiger partial charge in [-0.25, -0.2) is 8.42 Å². The van der Waals surface area contributed by atoms with Crippen LogP contribution in [0.2, 0.25) is 0 Å². The Hall–Kier alpha value is -3.52. The maximum absolute atomic E-state index is 13.5. The van der Waals surface area contributed by atoms with Crippen LogP contribution in [0.15, 0.2) is 71.6 Å². The van der Waals surface area contributed by atoms with E-state index in [-0.39, 0.29) is 11.4 Å². The molecule has 7 nitrogen and oxygen atoms in total. The Morgan fingerprint density at radius 3 is 2.31 bits per heavy atom. The number of benzene rings is 3. The van der Waals surface area contributed by atoms with Crippen LogP contribution in [0.4, 0.5) is 11.4 Å². The molecule has 0 aliphatic carbocycles. The van der Waals surface area contributed by atoms with Gasteiger partial charge in [0, 0.05) is 5.69 Å². The quantitative estimate of drug-likeness (QED) is 0.635. The lowest BCUT2D eigenvalue weighted by Gasteiger charge is -2.35. The average Bonchev–Trinajstić information content (AvgIpc) is 2.78. The van der Waals surface area contributed by atoms with Gasteiger partial charge in [0.1, 0.15) is 11.5 Å². The van der Waals surface area contributed by atoms with Crippen molar-refractivity contribution in [3.8, 4) is 11.5 Å². The summed E-state index contributed by atoms with van der Waals surface area (Å²) in [5.74, 6) is 0.574. The average molecular weight is 453 g/mol. The molecule has 3 aromatic carbocycles. The summed E-state index contributed by atoms with van der Waals surface area (Å²) in [7, 11) is -2.34. The third-order valence-electron chi connectivity index (χ3n) is 5.24. The van der Waals surface area contributed by atoms with E-state index in [9.17, 15) is 13.2 Å².